The van der Waals surface area contributed by atoms with E-state index in [0.29, 0.717) is 15.1 Å². The molecule has 0 bridgehead atoms. The zero-order valence-electron chi connectivity index (χ0n) is 7.15. The summed E-state index contributed by atoms with van der Waals surface area (Å²) < 4.78 is 2.23. The van der Waals surface area contributed by atoms with Crippen LogP contribution in [0.1, 0.15) is 10.5 Å². The summed E-state index contributed by atoms with van der Waals surface area (Å²) in [6.45, 7) is 0. The van der Waals surface area contributed by atoms with Crippen molar-refractivity contribution in [3.63, 3.8) is 0 Å². The molecule has 2 aromatic heterocycles. The van der Waals surface area contributed by atoms with E-state index in [-0.39, 0.29) is 18.1 Å². The summed E-state index contributed by atoms with van der Waals surface area (Å²) in [7, 11) is 0. The SMILES string of the molecule is Cl.O=C(O)c1cn2cc(Cl)cc(Br)c2n1. The number of nitrogens with zero attached hydrogens (tertiary/aromatic N) is 2. The van der Waals surface area contributed by atoms with E-state index in [1.54, 1.807) is 16.7 Å². The van der Waals surface area contributed by atoms with Crippen LogP contribution in [0.2, 0.25) is 5.02 Å². The Morgan fingerprint density at radius 3 is 2.80 bits per heavy atom. The molecule has 0 atom stereocenters. The molecule has 0 aromatic carbocycles. The van der Waals surface area contributed by atoms with Gasteiger partial charge in [-0.3, -0.25) is 0 Å². The zero-order valence-corrected chi connectivity index (χ0v) is 10.3. The molecule has 0 unspecified atom stereocenters. The lowest BCUT2D eigenvalue weighted by molar-refractivity contribution is 0.0691. The highest BCUT2D eigenvalue weighted by atomic mass is 79.9. The average Bonchev–Trinajstić information content (AvgIpc) is 2.47. The first kappa shape index (κ1) is 12.3. The maximum absolute atomic E-state index is 10.6. The third-order valence-corrected chi connectivity index (χ3v) is 2.48. The number of hydrogen-bond donors (Lipinski definition) is 1. The Hall–Kier alpha value is -0.780. The maximum atomic E-state index is 10.6. The molecule has 1 N–H and O–H groups in total. The highest BCUT2D eigenvalue weighted by Crippen LogP contribution is 2.22. The molecule has 0 amide bonds. The van der Waals surface area contributed by atoms with Crippen LogP contribution in [0.15, 0.2) is 22.9 Å². The van der Waals surface area contributed by atoms with Crippen molar-refractivity contribution in [3.05, 3.63) is 33.6 Å². The number of fused-ring (bicyclic) bond motifs is 1. The molecular weight excluding hydrogens is 307 g/mol. The van der Waals surface area contributed by atoms with Crippen LogP contribution < -0.4 is 0 Å². The lowest BCUT2D eigenvalue weighted by atomic mass is 10.5. The second-order valence-corrected chi connectivity index (χ2v) is 3.96. The number of hydrogen-bond acceptors (Lipinski definition) is 2. The molecular formula is C8H5BrCl2N2O2. The van der Waals surface area contributed by atoms with Crippen molar-refractivity contribution in [1.82, 2.24) is 9.38 Å². The molecule has 0 aliphatic heterocycles. The van der Waals surface area contributed by atoms with Gasteiger partial charge in [0.25, 0.3) is 0 Å². The Morgan fingerprint density at radius 1 is 1.53 bits per heavy atom. The Bertz CT molecular complexity index is 527. The molecule has 0 fully saturated rings. The van der Waals surface area contributed by atoms with Gasteiger partial charge in [0.1, 0.15) is 0 Å². The van der Waals surface area contributed by atoms with Crippen molar-refractivity contribution in [2.75, 3.05) is 0 Å². The molecule has 4 nitrogen and oxygen atoms in total. The van der Waals surface area contributed by atoms with E-state index in [1.165, 1.54) is 6.20 Å². The smallest absolute Gasteiger partial charge is 0.356 e. The molecule has 2 rings (SSSR count). The van der Waals surface area contributed by atoms with Gasteiger partial charge in [0, 0.05) is 12.4 Å². The molecule has 0 aliphatic carbocycles. The van der Waals surface area contributed by atoms with Crippen LogP contribution >= 0.6 is 39.9 Å². The summed E-state index contributed by atoms with van der Waals surface area (Å²) >= 11 is 9.04. The van der Waals surface area contributed by atoms with Crippen LogP contribution in [0.3, 0.4) is 0 Å². The lowest BCUT2D eigenvalue weighted by Gasteiger charge is -1.96. The second kappa shape index (κ2) is 4.38. The molecule has 0 saturated heterocycles. The number of aromatic carboxylic acids is 1. The molecule has 7 heteroatoms. The number of carboxylic acid groups (broad SMARTS) is 1. The summed E-state index contributed by atoms with van der Waals surface area (Å²) in [5.41, 5.74) is 0.528. The predicted octanol–water partition coefficient (Wildman–Crippen LogP) is 2.87. The first-order valence-corrected chi connectivity index (χ1v) is 4.82. The summed E-state index contributed by atoms with van der Waals surface area (Å²) in [6.07, 6.45) is 3.01. The van der Waals surface area contributed by atoms with Crippen molar-refractivity contribution in [1.29, 1.82) is 0 Å². The largest absolute Gasteiger partial charge is 0.476 e. The van der Waals surface area contributed by atoms with Crippen LogP contribution in [-0.4, -0.2) is 20.5 Å². The minimum Gasteiger partial charge on any atom is -0.476 e. The summed E-state index contributed by atoms with van der Waals surface area (Å²) in [4.78, 5) is 14.6. The summed E-state index contributed by atoms with van der Waals surface area (Å²) in [5.74, 6) is -1.06. The van der Waals surface area contributed by atoms with Crippen LogP contribution in [0.5, 0.6) is 0 Å². The Labute approximate surface area is 104 Å². The van der Waals surface area contributed by atoms with Gasteiger partial charge >= 0.3 is 5.97 Å². The van der Waals surface area contributed by atoms with Crippen molar-refractivity contribution in [2.24, 2.45) is 0 Å². The molecule has 15 heavy (non-hydrogen) atoms. The first-order valence-electron chi connectivity index (χ1n) is 3.65. The number of imidazole rings is 1. The van der Waals surface area contributed by atoms with E-state index in [0.717, 1.165) is 0 Å². The van der Waals surface area contributed by atoms with E-state index in [1.807, 2.05) is 0 Å². The van der Waals surface area contributed by atoms with E-state index in [2.05, 4.69) is 20.9 Å². The molecule has 80 valence electrons. The third kappa shape index (κ3) is 2.25. The quantitative estimate of drug-likeness (QED) is 0.881. The van der Waals surface area contributed by atoms with Gasteiger partial charge in [0.2, 0.25) is 0 Å². The van der Waals surface area contributed by atoms with Gasteiger partial charge in [-0.1, -0.05) is 11.6 Å². The van der Waals surface area contributed by atoms with Crippen molar-refractivity contribution in [3.8, 4) is 0 Å². The molecule has 2 aromatic rings. The number of carbonyl (C=O) groups is 1. The van der Waals surface area contributed by atoms with Crippen molar-refractivity contribution in [2.45, 2.75) is 0 Å². The normalized spacial score (nSPS) is 10.0. The average molecular weight is 312 g/mol. The summed E-state index contributed by atoms with van der Waals surface area (Å²) in [5, 5.41) is 9.23. The minimum absolute atomic E-state index is 0. The van der Waals surface area contributed by atoms with Gasteiger partial charge in [-0.05, 0) is 22.0 Å². The van der Waals surface area contributed by atoms with Gasteiger partial charge in [0.15, 0.2) is 11.3 Å². The molecule has 2 heterocycles. The van der Waals surface area contributed by atoms with Gasteiger partial charge in [-0.25, -0.2) is 9.78 Å². The minimum atomic E-state index is -1.06. The zero-order chi connectivity index (χ0) is 10.3. The fourth-order valence-electron chi connectivity index (χ4n) is 1.13. The number of aromatic nitrogens is 2. The van der Waals surface area contributed by atoms with Gasteiger partial charge in [-0.15, -0.1) is 12.4 Å². The van der Waals surface area contributed by atoms with Gasteiger partial charge in [0.05, 0.1) is 9.50 Å². The third-order valence-electron chi connectivity index (χ3n) is 1.69. The number of halogens is 3. The van der Waals surface area contributed by atoms with Gasteiger partial charge < -0.3 is 9.51 Å². The first-order chi connectivity index (χ1) is 6.58. The van der Waals surface area contributed by atoms with Crippen LogP contribution in [0, 0.1) is 0 Å². The number of carboxylic acids is 1. The van der Waals surface area contributed by atoms with Gasteiger partial charge in [-0.2, -0.15) is 0 Å². The van der Waals surface area contributed by atoms with Crippen LogP contribution in [-0.2, 0) is 0 Å². The molecule has 0 aliphatic rings. The van der Waals surface area contributed by atoms with E-state index < -0.39 is 5.97 Å². The number of pyridine rings is 1. The Balaban J connectivity index is 0.00000112. The molecule has 0 saturated carbocycles. The predicted molar refractivity (Wildman–Crippen MR) is 62.1 cm³/mol. The van der Waals surface area contributed by atoms with Crippen LogP contribution in [0.25, 0.3) is 5.65 Å². The summed E-state index contributed by atoms with van der Waals surface area (Å²) in [6, 6.07) is 1.66. The van der Waals surface area contributed by atoms with Crippen molar-refractivity contribution < 1.29 is 9.90 Å². The van der Waals surface area contributed by atoms with Crippen LogP contribution in [0.4, 0.5) is 0 Å². The highest BCUT2D eigenvalue weighted by Gasteiger charge is 2.10. The Kier molecular flexibility index (Phi) is 3.59. The standard InChI is InChI=1S/C8H4BrClN2O2.ClH/c9-5-1-4(10)2-12-3-6(8(13)14)11-7(5)12;/h1-3H,(H,13,14);1H. The topological polar surface area (TPSA) is 54.6 Å². The fraction of sp³-hybridized carbons (Fsp3) is 0. The number of rotatable bonds is 1. The second-order valence-electron chi connectivity index (χ2n) is 2.67. The van der Waals surface area contributed by atoms with E-state index in [9.17, 15) is 4.79 Å². The highest BCUT2D eigenvalue weighted by molar-refractivity contribution is 9.10. The van der Waals surface area contributed by atoms with E-state index in [4.69, 9.17) is 16.7 Å². The van der Waals surface area contributed by atoms with E-state index >= 15 is 0 Å². The molecule has 0 spiro atoms. The monoisotopic (exact) mass is 310 g/mol. The fourth-order valence-corrected chi connectivity index (χ4v) is 2.01. The maximum Gasteiger partial charge on any atom is 0.356 e. The molecule has 0 radical (unpaired) electrons. The lowest BCUT2D eigenvalue weighted by Crippen LogP contribution is -1.94. The Morgan fingerprint density at radius 2 is 2.20 bits per heavy atom. The van der Waals surface area contributed by atoms with Crippen molar-refractivity contribution >= 4 is 51.6 Å².